The molecule has 20 heavy (non-hydrogen) atoms. The molecule has 104 valence electrons. The number of nitrogens with two attached hydrogens (primary N) is 1. The maximum atomic E-state index is 12.4. The van der Waals surface area contributed by atoms with Crippen LogP contribution in [0.1, 0.15) is 22.8 Å². The quantitative estimate of drug-likeness (QED) is 0.883. The highest BCUT2D eigenvalue weighted by atomic mass is 35.5. The van der Waals surface area contributed by atoms with Gasteiger partial charge in [0.1, 0.15) is 5.15 Å². The number of carbonyl (C=O) groups excluding carboxylic acids is 1. The van der Waals surface area contributed by atoms with Gasteiger partial charge in [-0.1, -0.05) is 30.7 Å². The van der Waals surface area contributed by atoms with Crippen molar-refractivity contribution in [2.24, 2.45) is 0 Å². The molecular weight excluding hydrogens is 274 g/mol. The SMILES string of the molecule is CCc1ccc(N(C)C(=O)c2cc(Cl)ncc2N)cc1. The number of halogens is 1. The van der Waals surface area contributed by atoms with E-state index >= 15 is 0 Å². The Kier molecular flexibility index (Phi) is 4.25. The molecule has 5 heteroatoms. The molecule has 2 rings (SSSR count). The number of aromatic nitrogens is 1. The van der Waals surface area contributed by atoms with E-state index in [1.54, 1.807) is 11.9 Å². The number of aryl methyl sites for hydroxylation is 1. The van der Waals surface area contributed by atoms with Gasteiger partial charge in [0.2, 0.25) is 0 Å². The first-order valence-electron chi connectivity index (χ1n) is 6.31. The zero-order valence-corrected chi connectivity index (χ0v) is 12.2. The smallest absolute Gasteiger partial charge is 0.260 e. The largest absolute Gasteiger partial charge is 0.397 e. The zero-order valence-electron chi connectivity index (χ0n) is 11.4. The second-order valence-corrected chi connectivity index (χ2v) is 4.87. The summed E-state index contributed by atoms with van der Waals surface area (Å²) in [5.41, 5.74) is 8.48. The van der Waals surface area contributed by atoms with E-state index in [4.69, 9.17) is 17.3 Å². The van der Waals surface area contributed by atoms with Crippen LogP contribution in [0.3, 0.4) is 0 Å². The average molecular weight is 290 g/mol. The normalized spacial score (nSPS) is 10.3. The van der Waals surface area contributed by atoms with Gasteiger partial charge in [0.15, 0.2) is 0 Å². The molecule has 0 spiro atoms. The van der Waals surface area contributed by atoms with Crippen molar-refractivity contribution in [2.45, 2.75) is 13.3 Å². The van der Waals surface area contributed by atoms with Gasteiger partial charge in [0.25, 0.3) is 5.91 Å². The van der Waals surface area contributed by atoms with Crippen LogP contribution in [0.15, 0.2) is 36.5 Å². The van der Waals surface area contributed by atoms with E-state index in [1.165, 1.54) is 17.8 Å². The first-order chi connectivity index (χ1) is 9.52. The molecule has 1 aromatic heterocycles. The number of pyridine rings is 1. The first-order valence-corrected chi connectivity index (χ1v) is 6.68. The summed E-state index contributed by atoms with van der Waals surface area (Å²) in [6.45, 7) is 2.09. The molecule has 0 bridgehead atoms. The molecule has 0 fully saturated rings. The molecule has 1 amide bonds. The number of anilines is 2. The Labute approximate surface area is 123 Å². The second-order valence-electron chi connectivity index (χ2n) is 4.48. The van der Waals surface area contributed by atoms with Crippen molar-refractivity contribution in [3.05, 3.63) is 52.8 Å². The van der Waals surface area contributed by atoms with Crippen LogP contribution in [-0.4, -0.2) is 17.9 Å². The van der Waals surface area contributed by atoms with Crippen LogP contribution < -0.4 is 10.6 Å². The summed E-state index contributed by atoms with van der Waals surface area (Å²) < 4.78 is 0. The van der Waals surface area contributed by atoms with Gasteiger partial charge >= 0.3 is 0 Å². The molecule has 1 heterocycles. The monoisotopic (exact) mass is 289 g/mol. The summed E-state index contributed by atoms with van der Waals surface area (Å²) in [4.78, 5) is 17.8. The number of amides is 1. The van der Waals surface area contributed by atoms with Crippen LogP contribution in [0.4, 0.5) is 11.4 Å². The molecule has 0 saturated heterocycles. The Bertz CT molecular complexity index is 626. The van der Waals surface area contributed by atoms with Crippen LogP contribution in [-0.2, 0) is 6.42 Å². The molecule has 1 aromatic carbocycles. The summed E-state index contributed by atoms with van der Waals surface area (Å²) in [7, 11) is 1.71. The van der Waals surface area contributed by atoms with Crippen LogP contribution in [0.2, 0.25) is 5.15 Å². The Hall–Kier alpha value is -2.07. The Morgan fingerprint density at radius 3 is 2.60 bits per heavy atom. The standard InChI is InChI=1S/C15H16ClN3O/c1-3-10-4-6-11(7-5-10)19(2)15(20)12-8-14(16)18-9-13(12)17/h4-9H,3,17H2,1-2H3. The third kappa shape index (κ3) is 2.91. The van der Waals surface area contributed by atoms with Gasteiger partial charge < -0.3 is 10.6 Å². The topological polar surface area (TPSA) is 59.2 Å². The maximum absolute atomic E-state index is 12.4. The molecule has 2 N–H and O–H groups in total. The lowest BCUT2D eigenvalue weighted by atomic mass is 10.1. The lowest BCUT2D eigenvalue weighted by Gasteiger charge is -2.18. The van der Waals surface area contributed by atoms with E-state index in [2.05, 4.69) is 11.9 Å². The number of hydrogen-bond acceptors (Lipinski definition) is 3. The van der Waals surface area contributed by atoms with E-state index in [1.807, 2.05) is 24.3 Å². The molecule has 0 saturated carbocycles. The molecule has 0 atom stereocenters. The van der Waals surface area contributed by atoms with E-state index in [0.29, 0.717) is 11.3 Å². The predicted molar refractivity (Wildman–Crippen MR) is 82.2 cm³/mol. The van der Waals surface area contributed by atoms with Crippen molar-refractivity contribution in [3.63, 3.8) is 0 Å². The third-order valence-electron chi connectivity index (χ3n) is 3.17. The van der Waals surface area contributed by atoms with Crippen LogP contribution in [0.25, 0.3) is 0 Å². The molecular formula is C15H16ClN3O. The van der Waals surface area contributed by atoms with Gasteiger partial charge in [-0.2, -0.15) is 0 Å². The van der Waals surface area contributed by atoms with Crippen molar-refractivity contribution in [3.8, 4) is 0 Å². The van der Waals surface area contributed by atoms with Crippen LogP contribution in [0.5, 0.6) is 0 Å². The van der Waals surface area contributed by atoms with Crippen LogP contribution >= 0.6 is 11.6 Å². The lowest BCUT2D eigenvalue weighted by molar-refractivity contribution is 0.0994. The van der Waals surface area contributed by atoms with Crippen molar-refractivity contribution >= 4 is 28.9 Å². The Balaban J connectivity index is 2.29. The number of rotatable bonds is 3. The first kappa shape index (κ1) is 14.3. The summed E-state index contributed by atoms with van der Waals surface area (Å²) >= 11 is 5.81. The molecule has 2 aromatic rings. The number of nitrogen functional groups attached to an aromatic ring is 1. The van der Waals surface area contributed by atoms with Crippen molar-refractivity contribution < 1.29 is 4.79 Å². The van der Waals surface area contributed by atoms with Crippen molar-refractivity contribution in [2.75, 3.05) is 17.7 Å². The molecule has 0 unspecified atom stereocenters. The fourth-order valence-corrected chi connectivity index (χ4v) is 2.04. The summed E-state index contributed by atoms with van der Waals surface area (Å²) in [5.74, 6) is -0.212. The Morgan fingerprint density at radius 1 is 1.35 bits per heavy atom. The van der Waals surface area contributed by atoms with Gasteiger partial charge in [-0.3, -0.25) is 4.79 Å². The molecule has 4 nitrogen and oxygen atoms in total. The van der Waals surface area contributed by atoms with Crippen molar-refractivity contribution in [1.29, 1.82) is 0 Å². The fraction of sp³-hybridized carbons (Fsp3) is 0.200. The highest BCUT2D eigenvalue weighted by Gasteiger charge is 2.17. The predicted octanol–water partition coefficient (Wildman–Crippen LogP) is 3.16. The lowest BCUT2D eigenvalue weighted by Crippen LogP contribution is -2.27. The van der Waals surface area contributed by atoms with Gasteiger partial charge in [-0.15, -0.1) is 0 Å². The summed E-state index contributed by atoms with van der Waals surface area (Å²) in [5, 5.41) is 0.247. The van der Waals surface area contributed by atoms with E-state index in [0.717, 1.165) is 12.1 Å². The molecule has 0 aliphatic heterocycles. The molecule has 0 radical (unpaired) electrons. The minimum absolute atomic E-state index is 0.212. The number of hydrogen-bond donors (Lipinski definition) is 1. The van der Waals surface area contributed by atoms with Gasteiger partial charge in [0, 0.05) is 12.7 Å². The van der Waals surface area contributed by atoms with Gasteiger partial charge in [0.05, 0.1) is 17.4 Å². The summed E-state index contributed by atoms with van der Waals surface area (Å²) in [6, 6.07) is 9.31. The fourth-order valence-electron chi connectivity index (χ4n) is 1.88. The number of nitrogens with zero attached hydrogens (tertiary/aromatic N) is 2. The summed E-state index contributed by atoms with van der Waals surface area (Å²) in [6.07, 6.45) is 2.36. The van der Waals surface area contributed by atoms with Gasteiger partial charge in [-0.05, 0) is 30.2 Å². The Morgan fingerprint density at radius 2 is 2.00 bits per heavy atom. The highest BCUT2D eigenvalue weighted by molar-refractivity contribution is 6.30. The van der Waals surface area contributed by atoms with E-state index in [-0.39, 0.29) is 11.1 Å². The molecule has 0 aliphatic carbocycles. The van der Waals surface area contributed by atoms with Crippen molar-refractivity contribution in [1.82, 2.24) is 4.98 Å². The zero-order chi connectivity index (χ0) is 14.7. The van der Waals surface area contributed by atoms with E-state index in [9.17, 15) is 4.79 Å². The van der Waals surface area contributed by atoms with E-state index < -0.39 is 0 Å². The average Bonchev–Trinajstić information content (AvgIpc) is 2.48. The minimum Gasteiger partial charge on any atom is -0.397 e. The number of benzene rings is 1. The molecule has 0 aliphatic rings. The highest BCUT2D eigenvalue weighted by Crippen LogP contribution is 2.21. The maximum Gasteiger partial charge on any atom is 0.260 e. The number of carbonyl (C=O) groups is 1. The second kappa shape index (κ2) is 5.92. The van der Waals surface area contributed by atoms with Crippen LogP contribution in [0, 0.1) is 0 Å². The van der Waals surface area contributed by atoms with Gasteiger partial charge in [-0.25, -0.2) is 4.98 Å². The third-order valence-corrected chi connectivity index (χ3v) is 3.38. The minimum atomic E-state index is -0.212.